The van der Waals surface area contributed by atoms with Gasteiger partial charge >= 0.3 is 0 Å². The van der Waals surface area contributed by atoms with Gasteiger partial charge < -0.3 is 10.0 Å². The fourth-order valence-corrected chi connectivity index (χ4v) is 5.98. The maximum atomic E-state index is 9.96. The zero-order valence-electron chi connectivity index (χ0n) is 18.4. The van der Waals surface area contributed by atoms with E-state index in [1.54, 1.807) is 12.4 Å². The van der Waals surface area contributed by atoms with Crippen LogP contribution in [0.2, 0.25) is 0 Å². The number of hydrogen-bond donors (Lipinski definition) is 1. The molecule has 1 N–H and O–H groups in total. The number of rotatable bonds is 3. The van der Waals surface area contributed by atoms with Crippen LogP contribution < -0.4 is 4.90 Å². The third kappa shape index (κ3) is 3.63. The maximum Gasteiger partial charge on any atom is 0.162 e. The van der Waals surface area contributed by atoms with Gasteiger partial charge in [0.05, 0.1) is 17.8 Å². The Bertz CT molecular complexity index is 1100. The minimum atomic E-state index is -0.0893. The number of nitrogens with zero attached hydrogens (tertiary/aromatic N) is 6. The molecule has 7 heteroatoms. The Morgan fingerprint density at radius 1 is 0.906 bits per heavy atom. The molecule has 1 saturated carbocycles. The Kier molecular flexibility index (Phi) is 5.03. The fraction of sp³-hybridized carbons (Fsp3) is 0.520. The van der Waals surface area contributed by atoms with Crippen LogP contribution in [0.25, 0.3) is 22.3 Å². The molecule has 1 aliphatic carbocycles. The zero-order chi connectivity index (χ0) is 21.5. The summed E-state index contributed by atoms with van der Waals surface area (Å²) >= 11 is 0. The molecule has 32 heavy (non-hydrogen) atoms. The van der Waals surface area contributed by atoms with Gasteiger partial charge in [-0.2, -0.15) is 0 Å². The van der Waals surface area contributed by atoms with Crippen molar-refractivity contribution < 1.29 is 5.11 Å². The summed E-state index contributed by atoms with van der Waals surface area (Å²) in [4.78, 5) is 23.3. The lowest BCUT2D eigenvalue weighted by atomic mass is 9.77. The smallest absolute Gasteiger partial charge is 0.162 e. The van der Waals surface area contributed by atoms with Crippen molar-refractivity contribution in [3.8, 4) is 11.4 Å². The highest BCUT2D eigenvalue weighted by atomic mass is 16.3. The standard InChI is InChI=1S/C25H30N6O/c32-20-2-1-19(15-20)31-14-8-25(17-31)6-12-30(13-7-25)24-21-5-11-27-16-22(21)28-23(29-24)18-3-9-26-10-4-18/h3-5,9-11,16,19-20,32H,1-2,6-8,12-15,17H2. The summed E-state index contributed by atoms with van der Waals surface area (Å²) in [7, 11) is 0. The number of hydrogen-bond acceptors (Lipinski definition) is 7. The van der Waals surface area contributed by atoms with E-state index in [1.807, 2.05) is 30.6 Å². The van der Waals surface area contributed by atoms with Gasteiger partial charge in [0, 0.05) is 55.2 Å². The lowest BCUT2D eigenvalue weighted by Gasteiger charge is -2.40. The number of aromatic nitrogens is 4. The van der Waals surface area contributed by atoms with Gasteiger partial charge in [0.15, 0.2) is 5.82 Å². The van der Waals surface area contributed by atoms with Gasteiger partial charge in [0.1, 0.15) is 5.82 Å². The summed E-state index contributed by atoms with van der Waals surface area (Å²) in [6.45, 7) is 4.41. The molecule has 6 rings (SSSR count). The third-order valence-corrected chi connectivity index (χ3v) is 7.90. The average molecular weight is 431 g/mol. The number of piperidine rings is 1. The van der Waals surface area contributed by atoms with Crippen molar-refractivity contribution in [1.29, 1.82) is 0 Å². The van der Waals surface area contributed by atoms with Gasteiger partial charge in [0.25, 0.3) is 0 Å². The maximum absolute atomic E-state index is 9.96. The number of fused-ring (bicyclic) bond motifs is 1. The van der Waals surface area contributed by atoms with E-state index in [0.29, 0.717) is 11.5 Å². The van der Waals surface area contributed by atoms with Crippen molar-refractivity contribution in [2.75, 3.05) is 31.1 Å². The number of aliphatic hydroxyl groups excluding tert-OH is 1. The van der Waals surface area contributed by atoms with Gasteiger partial charge in [-0.3, -0.25) is 14.9 Å². The molecule has 3 fully saturated rings. The van der Waals surface area contributed by atoms with E-state index in [9.17, 15) is 5.11 Å². The molecule has 3 aromatic rings. The number of anilines is 1. The highest BCUT2D eigenvalue weighted by Gasteiger charge is 2.43. The second-order valence-electron chi connectivity index (χ2n) is 9.83. The van der Waals surface area contributed by atoms with Crippen LogP contribution in [-0.4, -0.2) is 68.3 Å². The van der Waals surface area contributed by atoms with E-state index in [-0.39, 0.29) is 6.10 Å². The molecule has 0 aromatic carbocycles. The summed E-state index contributed by atoms with van der Waals surface area (Å²) in [5.74, 6) is 1.75. The van der Waals surface area contributed by atoms with Crippen molar-refractivity contribution in [3.63, 3.8) is 0 Å². The predicted molar refractivity (Wildman–Crippen MR) is 124 cm³/mol. The molecule has 2 saturated heterocycles. The van der Waals surface area contributed by atoms with Crippen LogP contribution in [0.1, 0.15) is 38.5 Å². The lowest BCUT2D eigenvalue weighted by molar-refractivity contribution is 0.148. The van der Waals surface area contributed by atoms with Crippen LogP contribution in [-0.2, 0) is 0 Å². The largest absolute Gasteiger partial charge is 0.393 e. The molecule has 1 spiro atoms. The van der Waals surface area contributed by atoms with E-state index in [4.69, 9.17) is 9.97 Å². The average Bonchev–Trinajstić information content (AvgIpc) is 3.46. The van der Waals surface area contributed by atoms with Gasteiger partial charge in [-0.1, -0.05) is 0 Å². The second kappa shape index (κ2) is 8.05. The molecular weight excluding hydrogens is 400 g/mol. The minimum Gasteiger partial charge on any atom is -0.393 e. The van der Waals surface area contributed by atoms with Gasteiger partial charge in [-0.25, -0.2) is 9.97 Å². The molecule has 166 valence electrons. The molecule has 2 atom stereocenters. The molecule has 0 radical (unpaired) electrons. The number of likely N-dealkylation sites (tertiary alicyclic amines) is 1. The van der Waals surface area contributed by atoms with Crippen molar-refractivity contribution in [1.82, 2.24) is 24.8 Å². The van der Waals surface area contributed by atoms with E-state index in [2.05, 4.69) is 19.8 Å². The molecule has 2 aliphatic heterocycles. The number of pyridine rings is 2. The van der Waals surface area contributed by atoms with Gasteiger partial charge in [0.2, 0.25) is 0 Å². The van der Waals surface area contributed by atoms with Crippen molar-refractivity contribution in [3.05, 3.63) is 43.0 Å². The minimum absolute atomic E-state index is 0.0893. The highest BCUT2D eigenvalue weighted by molar-refractivity contribution is 5.90. The summed E-state index contributed by atoms with van der Waals surface area (Å²) in [6.07, 6.45) is 13.9. The molecule has 0 amide bonds. The summed E-state index contributed by atoms with van der Waals surface area (Å²) in [5.41, 5.74) is 2.28. The summed E-state index contributed by atoms with van der Waals surface area (Å²) < 4.78 is 0. The molecule has 0 bridgehead atoms. The first-order chi connectivity index (χ1) is 15.7. The Balaban J connectivity index is 1.23. The van der Waals surface area contributed by atoms with Crippen LogP contribution in [0.5, 0.6) is 0 Å². The Hall–Kier alpha value is -2.64. The van der Waals surface area contributed by atoms with Crippen LogP contribution in [0.4, 0.5) is 5.82 Å². The van der Waals surface area contributed by atoms with Crippen molar-refractivity contribution in [2.45, 2.75) is 50.7 Å². The topological polar surface area (TPSA) is 78.3 Å². The Morgan fingerprint density at radius 2 is 1.69 bits per heavy atom. The van der Waals surface area contributed by atoms with Crippen molar-refractivity contribution in [2.24, 2.45) is 5.41 Å². The number of aliphatic hydroxyl groups is 1. The fourth-order valence-electron chi connectivity index (χ4n) is 5.98. The van der Waals surface area contributed by atoms with E-state index < -0.39 is 0 Å². The van der Waals surface area contributed by atoms with Gasteiger partial charge in [-0.05, 0) is 68.7 Å². The van der Waals surface area contributed by atoms with Crippen LogP contribution in [0.15, 0.2) is 43.0 Å². The predicted octanol–water partition coefficient (Wildman–Crippen LogP) is 3.29. The van der Waals surface area contributed by atoms with Gasteiger partial charge in [-0.15, -0.1) is 0 Å². The van der Waals surface area contributed by atoms with Crippen LogP contribution in [0, 0.1) is 5.41 Å². The Labute approximate surface area is 188 Å². The molecule has 3 aliphatic rings. The first kappa shape index (κ1) is 20.0. The monoisotopic (exact) mass is 430 g/mol. The first-order valence-corrected chi connectivity index (χ1v) is 11.9. The van der Waals surface area contributed by atoms with Crippen molar-refractivity contribution >= 4 is 16.7 Å². The summed E-state index contributed by atoms with van der Waals surface area (Å²) in [6, 6.07) is 6.54. The quantitative estimate of drug-likeness (QED) is 0.683. The van der Waals surface area contributed by atoms with Crippen LogP contribution >= 0.6 is 0 Å². The van der Waals surface area contributed by atoms with E-state index in [1.165, 1.54) is 32.4 Å². The Morgan fingerprint density at radius 3 is 2.47 bits per heavy atom. The van der Waals surface area contributed by atoms with Crippen LogP contribution in [0.3, 0.4) is 0 Å². The van der Waals surface area contributed by atoms with E-state index >= 15 is 0 Å². The normalized spacial score (nSPS) is 25.7. The highest BCUT2D eigenvalue weighted by Crippen LogP contribution is 2.44. The molecule has 2 unspecified atom stereocenters. The first-order valence-electron chi connectivity index (χ1n) is 11.9. The van der Waals surface area contributed by atoms with E-state index in [0.717, 1.165) is 60.5 Å². The zero-order valence-corrected chi connectivity index (χ0v) is 18.4. The summed E-state index contributed by atoms with van der Waals surface area (Å²) in [5, 5.41) is 11.0. The second-order valence-corrected chi connectivity index (χ2v) is 9.83. The molecule has 7 nitrogen and oxygen atoms in total. The third-order valence-electron chi connectivity index (χ3n) is 7.90. The molecule has 3 aromatic heterocycles. The SMILES string of the molecule is OC1CCC(N2CCC3(CCN(c4nc(-c5ccncc5)nc5cnccc45)CC3)C2)C1. The molecule has 5 heterocycles. The molecular formula is C25H30N6O. The lowest BCUT2D eigenvalue weighted by Crippen LogP contribution is -2.43.